The van der Waals surface area contributed by atoms with Crippen molar-refractivity contribution in [1.82, 2.24) is 5.43 Å². The van der Waals surface area contributed by atoms with Gasteiger partial charge in [-0.15, -0.1) is 0 Å². The van der Waals surface area contributed by atoms with E-state index in [0.717, 1.165) is 23.4 Å². The second kappa shape index (κ2) is 6.37. The number of benzene rings is 1. The molecule has 0 saturated heterocycles. The van der Waals surface area contributed by atoms with Gasteiger partial charge in [0.1, 0.15) is 0 Å². The topological polar surface area (TPSA) is 38.0 Å². The molecule has 0 radical (unpaired) electrons. The summed E-state index contributed by atoms with van der Waals surface area (Å²) in [7, 11) is 0. The van der Waals surface area contributed by atoms with Crippen molar-refractivity contribution in [1.29, 1.82) is 0 Å². The lowest BCUT2D eigenvalue weighted by atomic mass is 9.95. The average molecular weight is 265 g/mol. The van der Waals surface area contributed by atoms with E-state index >= 15 is 0 Å². The number of allylic oxidation sites excluding steroid dienone is 1. The van der Waals surface area contributed by atoms with Gasteiger partial charge in [-0.2, -0.15) is 0 Å². The molecule has 1 aromatic rings. The lowest BCUT2D eigenvalue weighted by Crippen LogP contribution is -2.29. The van der Waals surface area contributed by atoms with Crippen LogP contribution in [0.3, 0.4) is 0 Å². The summed E-state index contributed by atoms with van der Waals surface area (Å²) in [6.07, 6.45) is 8.42. The van der Waals surface area contributed by atoms with Crippen molar-refractivity contribution in [2.24, 2.45) is 5.84 Å². The highest BCUT2D eigenvalue weighted by atomic mass is 35.5. The minimum absolute atomic E-state index is 0.0520. The molecule has 1 unspecified atom stereocenters. The molecule has 2 rings (SSSR count). The molecule has 0 saturated carbocycles. The number of hydrogen-bond donors (Lipinski definition) is 2. The van der Waals surface area contributed by atoms with Crippen LogP contribution >= 0.6 is 11.6 Å². The fourth-order valence-corrected chi connectivity index (χ4v) is 2.91. The Morgan fingerprint density at radius 1 is 1.28 bits per heavy atom. The van der Waals surface area contributed by atoms with E-state index in [-0.39, 0.29) is 6.04 Å². The lowest BCUT2D eigenvalue weighted by Gasteiger charge is -2.21. The Labute approximate surface area is 114 Å². The van der Waals surface area contributed by atoms with E-state index in [1.165, 1.54) is 30.4 Å². The third-order valence-electron chi connectivity index (χ3n) is 3.58. The van der Waals surface area contributed by atoms with Gasteiger partial charge >= 0.3 is 0 Å². The van der Waals surface area contributed by atoms with Gasteiger partial charge in [0.15, 0.2) is 0 Å². The normalized spacial score (nSPS) is 18.1. The second-order valence-corrected chi connectivity index (χ2v) is 5.41. The van der Waals surface area contributed by atoms with E-state index in [9.17, 15) is 0 Å². The number of rotatable bonds is 3. The fourth-order valence-electron chi connectivity index (χ4n) is 2.56. The largest absolute Gasteiger partial charge is 0.271 e. The van der Waals surface area contributed by atoms with E-state index < -0.39 is 0 Å². The van der Waals surface area contributed by atoms with E-state index in [1.807, 2.05) is 13.0 Å². The molecule has 98 valence electrons. The summed E-state index contributed by atoms with van der Waals surface area (Å²) in [5.74, 6) is 5.74. The summed E-state index contributed by atoms with van der Waals surface area (Å²) in [6.45, 7) is 2.05. The molecule has 1 aliphatic rings. The van der Waals surface area contributed by atoms with Crippen LogP contribution in [0.1, 0.15) is 49.3 Å². The molecule has 2 nitrogen and oxygen atoms in total. The summed E-state index contributed by atoms with van der Waals surface area (Å²) < 4.78 is 0. The molecule has 3 N–H and O–H groups in total. The van der Waals surface area contributed by atoms with Crippen molar-refractivity contribution in [2.75, 3.05) is 0 Å². The zero-order valence-electron chi connectivity index (χ0n) is 10.9. The van der Waals surface area contributed by atoms with Gasteiger partial charge < -0.3 is 0 Å². The third-order valence-corrected chi connectivity index (χ3v) is 3.91. The Morgan fingerprint density at radius 3 is 2.83 bits per heavy atom. The third kappa shape index (κ3) is 3.14. The van der Waals surface area contributed by atoms with E-state index in [0.29, 0.717) is 0 Å². The van der Waals surface area contributed by atoms with Crippen molar-refractivity contribution in [2.45, 2.75) is 45.1 Å². The van der Waals surface area contributed by atoms with E-state index in [1.54, 1.807) is 0 Å². The highest BCUT2D eigenvalue weighted by molar-refractivity contribution is 6.31. The summed E-state index contributed by atoms with van der Waals surface area (Å²) in [5, 5.41) is 0.795. The number of hydrazine groups is 1. The Bertz CT molecular complexity index is 440. The molecule has 1 atom stereocenters. The molecule has 18 heavy (non-hydrogen) atoms. The monoisotopic (exact) mass is 264 g/mol. The van der Waals surface area contributed by atoms with Crippen LogP contribution in [0.5, 0.6) is 0 Å². The standard InChI is InChI=1S/C15H21ClN2/c1-11-8-9-13(14(16)10-11)15(18-17)12-6-4-2-3-5-7-12/h6,8-10,15,18H,2-5,7,17H2,1H3. The zero-order valence-corrected chi connectivity index (χ0v) is 11.6. The quantitative estimate of drug-likeness (QED) is 0.491. The predicted molar refractivity (Wildman–Crippen MR) is 77.4 cm³/mol. The summed E-state index contributed by atoms with van der Waals surface area (Å²) >= 11 is 6.34. The Hall–Kier alpha value is -0.830. The van der Waals surface area contributed by atoms with E-state index in [4.69, 9.17) is 17.4 Å². The van der Waals surface area contributed by atoms with Gasteiger partial charge in [0.05, 0.1) is 6.04 Å². The smallest absolute Gasteiger partial charge is 0.0684 e. The zero-order chi connectivity index (χ0) is 13.0. The average Bonchev–Trinajstić information content (AvgIpc) is 2.62. The Kier molecular flexibility index (Phi) is 4.81. The minimum Gasteiger partial charge on any atom is -0.271 e. The lowest BCUT2D eigenvalue weighted by molar-refractivity contribution is 0.593. The van der Waals surface area contributed by atoms with Crippen LogP contribution in [-0.4, -0.2) is 0 Å². The first-order chi connectivity index (χ1) is 8.72. The van der Waals surface area contributed by atoms with Crippen LogP contribution in [0.15, 0.2) is 29.8 Å². The van der Waals surface area contributed by atoms with E-state index in [2.05, 4.69) is 23.6 Å². The fraction of sp³-hybridized carbons (Fsp3) is 0.467. The highest BCUT2D eigenvalue weighted by Crippen LogP contribution is 2.32. The maximum Gasteiger partial charge on any atom is 0.0684 e. The molecule has 0 bridgehead atoms. The van der Waals surface area contributed by atoms with Gasteiger partial charge in [0, 0.05) is 5.02 Å². The SMILES string of the molecule is Cc1ccc(C(NN)C2=CCCCCC2)c(Cl)c1. The molecule has 0 aliphatic heterocycles. The van der Waals surface area contributed by atoms with Gasteiger partial charge in [-0.3, -0.25) is 5.84 Å². The number of halogens is 1. The van der Waals surface area contributed by atoms with Crippen molar-refractivity contribution in [3.8, 4) is 0 Å². The van der Waals surface area contributed by atoms with Crippen LogP contribution in [0.2, 0.25) is 5.02 Å². The van der Waals surface area contributed by atoms with Gasteiger partial charge in [0.2, 0.25) is 0 Å². The summed E-state index contributed by atoms with van der Waals surface area (Å²) in [4.78, 5) is 0. The molecule has 0 amide bonds. The number of nitrogens with two attached hydrogens (primary N) is 1. The first-order valence-corrected chi connectivity index (χ1v) is 7.01. The van der Waals surface area contributed by atoms with Gasteiger partial charge in [0.25, 0.3) is 0 Å². The maximum atomic E-state index is 6.34. The molecule has 0 fully saturated rings. The van der Waals surface area contributed by atoms with Crippen molar-refractivity contribution < 1.29 is 0 Å². The predicted octanol–water partition coefficient (Wildman–Crippen LogP) is 4.04. The van der Waals surface area contributed by atoms with Crippen molar-refractivity contribution >= 4 is 11.6 Å². The number of nitrogens with one attached hydrogen (secondary N) is 1. The Morgan fingerprint density at radius 2 is 2.11 bits per heavy atom. The molecular formula is C15H21ClN2. The van der Waals surface area contributed by atoms with Crippen LogP contribution in [0.4, 0.5) is 0 Å². The van der Waals surface area contributed by atoms with Crippen LogP contribution in [-0.2, 0) is 0 Å². The number of hydrogen-bond acceptors (Lipinski definition) is 2. The molecule has 0 spiro atoms. The highest BCUT2D eigenvalue weighted by Gasteiger charge is 2.18. The molecule has 1 aliphatic carbocycles. The van der Waals surface area contributed by atoms with Gasteiger partial charge in [-0.05, 0) is 49.8 Å². The molecule has 0 heterocycles. The van der Waals surface area contributed by atoms with Gasteiger partial charge in [-0.25, -0.2) is 5.43 Å². The first kappa shape index (κ1) is 13.6. The van der Waals surface area contributed by atoms with Gasteiger partial charge in [-0.1, -0.05) is 41.8 Å². The Balaban J connectivity index is 2.29. The number of aryl methyl sites for hydroxylation is 1. The first-order valence-electron chi connectivity index (χ1n) is 6.63. The van der Waals surface area contributed by atoms with Crippen molar-refractivity contribution in [3.05, 3.63) is 46.0 Å². The summed E-state index contributed by atoms with van der Waals surface area (Å²) in [5.41, 5.74) is 6.56. The van der Waals surface area contributed by atoms with Crippen LogP contribution in [0.25, 0.3) is 0 Å². The van der Waals surface area contributed by atoms with Crippen LogP contribution < -0.4 is 11.3 Å². The molecule has 0 aromatic heterocycles. The minimum atomic E-state index is 0.0520. The van der Waals surface area contributed by atoms with Crippen LogP contribution in [0, 0.1) is 6.92 Å². The second-order valence-electron chi connectivity index (χ2n) is 5.00. The molecule has 1 aromatic carbocycles. The molecule has 3 heteroatoms. The molecular weight excluding hydrogens is 244 g/mol. The van der Waals surface area contributed by atoms with Crippen molar-refractivity contribution in [3.63, 3.8) is 0 Å². The summed E-state index contributed by atoms with van der Waals surface area (Å²) in [6, 6.07) is 6.21. The maximum absolute atomic E-state index is 6.34.